The Morgan fingerprint density at radius 1 is 1.33 bits per heavy atom. The summed E-state index contributed by atoms with van der Waals surface area (Å²) < 4.78 is 5.92. The molecule has 0 atom stereocenters. The van der Waals surface area contributed by atoms with E-state index in [-0.39, 0.29) is 11.5 Å². The monoisotopic (exact) mass is 334 g/mol. The molecule has 78 valence electrons. The van der Waals surface area contributed by atoms with E-state index in [0.717, 1.165) is 0 Å². The average molecular weight is 336 g/mol. The summed E-state index contributed by atoms with van der Waals surface area (Å²) >= 11 is 6.29. The molecule has 1 aromatic heterocycles. The third-order valence-electron chi connectivity index (χ3n) is 1.90. The Morgan fingerprint density at radius 3 is 2.60 bits per heavy atom. The number of phenolic OH excluding ortho intramolecular Hbond substituents is 1. The number of carboxylic acids is 1. The molecule has 2 N–H and O–H groups in total. The molecular formula is C9H4Br2O4. The molecule has 0 amide bonds. The van der Waals surface area contributed by atoms with Gasteiger partial charge in [-0.3, -0.25) is 0 Å². The van der Waals surface area contributed by atoms with Gasteiger partial charge in [0.1, 0.15) is 11.3 Å². The molecule has 0 bridgehead atoms. The van der Waals surface area contributed by atoms with Crippen molar-refractivity contribution in [2.45, 2.75) is 0 Å². The molecule has 0 spiro atoms. The maximum Gasteiger partial charge on any atom is 0.371 e. The first kappa shape index (κ1) is 10.5. The van der Waals surface area contributed by atoms with E-state index in [1.54, 1.807) is 0 Å². The van der Waals surface area contributed by atoms with Crippen molar-refractivity contribution in [1.29, 1.82) is 0 Å². The lowest BCUT2D eigenvalue weighted by molar-refractivity contribution is 0.0665. The van der Waals surface area contributed by atoms with E-state index in [9.17, 15) is 9.90 Å². The van der Waals surface area contributed by atoms with Crippen molar-refractivity contribution in [1.82, 2.24) is 0 Å². The van der Waals surface area contributed by atoms with Gasteiger partial charge in [0.15, 0.2) is 0 Å². The number of carboxylic acid groups (broad SMARTS) is 1. The Labute approximate surface area is 101 Å². The number of hydrogen-bond donors (Lipinski definition) is 2. The highest BCUT2D eigenvalue weighted by atomic mass is 79.9. The van der Waals surface area contributed by atoms with E-state index >= 15 is 0 Å². The second-order valence-corrected chi connectivity index (χ2v) is 4.50. The van der Waals surface area contributed by atoms with Crippen molar-refractivity contribution in [3.8, 4) is 5.75 Å². The van der Waals surface area contributed by atoms with Crippen LogP contribution in [-0.2, 0) is 0 Å². The summed E-state index contributed by atoms with van der Waals surface area (Å²) in [5, 5.41) is 18.8. The Kier molecular flexibility index (Phi) is 2.47. The second kappa shape index (κ2) is 3.53. The normalized spacial score (nSPS) is 10.8. The van der Waals surface area contributed by atoms with Crippen LogP contribution in [0.25, 0.3) is 11.0 Å². The third-order valence-corrected chi connectivity index (χ3v) is 3.31. The molecule has 0 unspecified atom stereocenters. The number of benzene rings is 1. The number of halogens is 2. The Hall–Kier alpha value is -1.01. The highest BCUT2D eigenvalue weighted by Crippen LogP contribution is 2.39. The Bertz CT molecular complexity index is 559. The van der Waals surface area contributed by atoms with E-state index in [1.165, 1.54) is 12.1 Å². The molecule has 1 aromatic carbocycles. The topological polar surface area (TPSA) is 70.7 Å². The van der Waals surface area contributed by atoms with E-state index in [4.69, 9.17) is 9.52 Å². The largest absolute Gasteiger partial charge is 0.506 e. The minimum atomic E-state index is -1.14. The molecule has 0 saturated carbocycles. The van der Waals surface area contributed by atoms with Gasteiger partial charge in [-0.05, 0) is 37.9 Å². The summed E-state index contributed by atoms with van der Waals surface area (Å²) in [5.74, 6) is -1.29. The maximum absolute atomic E-state index is 10.7. The van der Waals surface area contributed by atoms with Crippen LogP contribution in [-0.4, -0.2) is 16.2 Å². The van der Waals surface area contributed by atoms with Gasteiger partial charge in [-0.25, -0.2) is 4.79 Å². The number of hydrogen-bond acceptors (Lipinski definition) is 3. The number of rotatable bonds is 1. The van der Waals surface area contributed by atoms with E-state index in [1.807, 2.05) is 0 Å². The van der Waals surface area contributed by atoms with Gasteiger partial charge in [-0.15, -0.1) is 0 Å². The van der Waals surface area contributed by atoms with Crippen molar-refractivity contribution >= 4 is 48.8 Å². The Balaban J connectivity index is 2.82. The number of aromatic carboxylic acids is 1. The van der Waals surface area contributed by atoms with Gasteiger partial charge in [-0.1, -0.05) is 0 Å². The molecule has 2 aromatic rings. The third kappa shape index (κ3) is 1.63. The smallest absolute Gasteiger partial charge is 0.371 e. The van der Waals surface area contributed by atoms with Crippen LogP contribution in [0.3, 0.4) is 0 Å². The van der Waals surface area contributed by atoms with Crippen LogP contribution >= 0.6 is 31.9 Å². The molecule has 0 fully saturated rings. The molecule has 15 heavy (non-hydrogen) atoms. The second-order valence-electron chi connectivity index (χ2n) is 2.85. The molecule has 0 saturated heterocycles. The molecule has 1 heterocycles. The van der Waals surface area contributed by atoms with Gasteiger partial charge in [0, 0.05) is 11.5 Å². The van der Waals surface area contributed by atoms with Crippen LogP contribution in [0, 0.1) is 0 Å². The zero-order chi connectivity index (χ0) is 11.2. The van der Waals surface area contributed by atoms with Crippen LogP contribution in [0.4, 0.5) is 0 Å². The summed E-state index contributed by atoms with van der Waals surface area (Å²) in [5.41, 5.74) is 0.393. The SMILES string of the molecule is O=C(O)c1cc2c(Br)c(O)c(Br)cc2o1. The van der Waals surface area contributed by atoms with Crippen LogP contribution in [0.5, 0.6) is 5.75 Å². The lowest BCUT2D eigenvalue weighted by Crippen LogP contribution is -1.91. The maximum atomic E-state index is 10.7. The van der Waals surface area contributed by atoms with Crippen LogP contribution in [0.15, 0.2) is 25.5 Å². The summed E-state index contributed by atoms with van der Waals surface area (Å²) in [6.07, 6.45) is 0. The standard InChI is InChI=1S/C9H4Br2O4/c10-4-2-5-3(7(11)8(4)12)1-6(15-5)9(13)14/h1-2,12H,(H,13,14). The predicted molar refractivity (Wildman–Crippen MR) is 60.2 cm³/mol. The van der Waals surface area contributed by atoms with Gasteiger partial charge in [-0.2, -0.15) is 0 Å². The van der Waals surface area contributed by atoms with Crippen molar-refractivity contribution in [2.24, 2.45) is 0 Å². The lowest BCUT2D eigenvalue weighted by atomic mass is 10.2. The average Bonchev–Trinajstić information content (AvgIpc) is 2.58. The minimum absolute atomic E-state index is 0.0141. The zero-order valence-corrected chi connectivity index (χ0v) is 10.3. The molecule has 2 rings (SSSR count). The van der Waals surface area contributed by atoms with Gasteiger partial charge >= 0.3 is 5.97 Å². The molecular weight excluding hydrogens is 332 g/mol. The Morgan fingerprint density at radius 2 is 2.00 bits per heavy atom. The van der Waals surface area contributed by atoms with Gasteiger partial charge < -0.3 is 14.6 Å². The molecule has 0 aliphatic carbocycles. The van der Waals surface area contributed by atoms with Crippen molar-refractivity contribution < 1.29 is 19.4 Å². The quantitative estimate of drug-likeness (QED) is 0.838. The summed E-state index contributed by atoms with van der Waals surface area (Å²) in [7, 11) is 0. The first-order valence-electron chi connectivity index (χ1n) is 3.84. The van der Waals surface area contributed by atoms with E-state index in [0.29, 0.717) is 19.9 Å². The number of phenols is 1. The van der Waals surface area contributed by atoms with Gasteiger partial charge in [0.05, 0.1) is 8.95 Å². The number of furan rings is 1. The van der Waals surface area contributed by atoms with Crippen molar-refractivity contribution in [3.63, 3.8) is 0 Å². The van der Waals surface area contributed by atoms with Crippen molar-refractivity contribution in [3.05, 3.63) is 26.8 Å². The summed E-state index contributed by atoms with van der Waals surface area (Å²) in [4.78, 5) is 10.7. The molecule has 0 aliphatic rings. The van der Waals surface area contributed by atoms with E-state index < -0.39 is 5.97 Å². The summed E-state index contributed by atoms with van der Waals surface area (Å²) in [6.45, 7) is 0. The zero-order valence-electron chi connectivity index (χ0n) is 7.12. The molecule has 6 heteroatoms. The summed E-state index contributed by atoms with van der Waals surface area (Å²) in [6, 6.07) is 2.87. The van der Waals surface area contributed by atoms with Crippen LogP contribution < -0.4 is 0 Å². The van der Waals surface area contributed by atoms with E-state index in [2.05, 4.69) is 31.9 Å². The number of carbonyl (C=O) groups is 1. The first-order chi connectivity index (χ1) is 7.00. The molecule has 0 radical (unpaired) electrons. The minimum Gasteiger partial charge on any atom is -0.506 e. The predicted octanol–water partition coefficient (Wildman–Crippen LogP) is 3.36. The van der Waals surface area contributed by atoms with Crippen LogP contribution in [0.2, 0.25) is 0 Å². The fraction of sp³-hybridized carbons (Fsp3) is 0. The fourth-order valence-electron chi connectivity index (χ4n) is 1.21. The molecule has 0 aliphatic heterocycles. The fourth-order valence-corrected chi connectivity index (χ4v) is 2.40. The first-order valence-corrected chi connectivity index (χ1v) is 5.43. The number of fused-ring (bicyclic) bond motifs is 1. The van der Waals surface area contributed by atoms with Gasteiger partial charge in [0.25, 0.3) is 0 Å². The van der Waals surface area contributed by atoms with Crippen LogP contribution in [0.1, 0.15) is 10.6 Å². The van der Waals surface area contributed by atoms with Crippen molar-refractivity contribution in [2.75, 3.05) is 0 Å². The lowest BCUT2D eigenvalue weighted by Gasteiger charge is -1.99. The molecule has 4 nitrogen and oxygen atoms in total. The number of aromatic hydroxyl groups is 1. The van der Waals surface area contributed by atoms with Gasteiger partial charge in [0.2, 0.25) is 5.76 Å². The highest BCUT2D eigenvalue weighted by molar-refractivity contribution is 9.11. The highest BCUT2D eigenvalue weighted by Gasteiger charge is 2.16.